The Balaban J connectivity index is 0.000000239. The predicted octanol–water partition coefficient (Wildman–Crippen LogP) is 11.9. The average molecular weight is 689 g/mol. The van der Waals surface area contributed by atoms with Gasteiger partial charge in [-0.3, -0.25) is 4.79 Å². The number of carbonyl (C=O) groups excluding carboxylic acids is 1. The largest absolute Gasteiger partial charge is 0.458 e. The zero-order chi connectivity index (χ0) is 37.9. The Labute approximate surface area is 305 Å². The van der Waals surface area contributed by atoms with Crippen LogP contribution >= 0.6 is 0 Å². The van der Waals surface area contributed by atoms with Crippen LogP contribution in [0.3, 0.4) is 0 Å². The molecule has 0 saturated carbocycles. The van der Waals surface area contributed by atoms with Crippen molar-refractivity contribution in [1.29, 1.82) is 0 Å². The zero-order valence-electron chi connectivity index (χ0n) is 31.5. The second kappa shape index (κ2) is 22.1. The van der Waals surface area contributed by atoms with E-state index in [0.717, 1.165) is 16.7 Å². The molecule has 0 fully saturated rings. The molecule has 6 aromatic rings. The molecule has 0 spiro atoms. The Hall–Kier alpha value is -4.81. The molecule has 0 amide bonds. The van der Waals surface area contributed by atoms with Gasteiger partial charge < -0.3 is 19.7 Å². The topological polar surface area (TPSA) is 76.0 Å². The highest BCUT2D eigenvalue weighted by atomic mass is 16.5. The lowest BCUT2D eigenvalue weighted by molar-refractivity contribution is -0.145. The van der Waals surface area contributed by atoms with Crippen molar-refractivity contribution in [3.63, 3.8) is 0 Å². The molecule has 0 aromatic heterocycles. The van der Waals surface area contributed by atoms with Crippen LogP contribution in [-0.2, 0) is 14.3 Å². The molecule has 5 nitrogen and oxygen atoms in total. The Morgan fingerprint density at radius 2 is 0.784 bits per heavy atom. The molecular weight excluding hydrogens is 633 g/mol. The second-order valence-corrected chi connectivity index (χ2v) is 12.7. The van der Waals surface area contributed by atoms with Crippen molar-refractivity contribution >= 4 is 38.3 Å². The van der Waals surface area contributed by atoms with E-state index in [1.165, 1.54) is 39.2 Å². The van der Waals surface area contributed by atoms with E-state index in [9.17, 15) is 15.0 Å². The standard InChI is InChI=1S/C14H14O2.2C12H12O.C6H14O.C2H4/c1-10(16-11(2)15)13-8-7-12-5-3-4-6-14(12)9-13;2*1-9(13)11-7-6-10-4-2-3-5-12(10)8-11;1-5(2)7-6(3)4;1-2/h3-10H,1-2H3;2*2-9,13H,1H3;5-6H,1-4H3;1-2H2/t10-;9-;;;/m10.../s1. The maximum atomic E-state index is 10.9. The highest BCUT2D eigenvalue weighted by Crippen LogP contribution is 2.23. The summed E-state index contributed by atoms with van der Waals surface area (Å²) in [6.07, 6.45) is -0.212. The van der Waals surface area contributed by atoms with Gasteiger partial charge >= 0.3 is 5.97 Å². The molecule has 270 valence electrons. The van der Waals surface area contributed by atoms with Crippen LogP contribution in [0.1, 0.15) is 90.4 Å². The first-order valence-electron chi connectivity index (χ1n) is 17.5. The molecule has 0 aliphatic heterocycles. The van der Waals surface area contributed by atoms with Gasteiger partial charge in [0, 0.05) is 6.92 Å². The third-order valence-corrected chi connectivity index (χ3v) is 7.64. The van der Waals surface area contributed by atoms with Crippen LogP contribution in [-0.4, -0.2) is 28.4 Å². The summed E-state index contributed by atoms with van der Waals surface area (Å²) in [5.74, 6) is -0.249. The van der Waals surface area contributed by atoms with E-state index in [1.54, 1.807) is 13.8 Å². The third kappa shape index (κ3) is 14.9. The number of fused-ring (bicyclic) bond motifs is 3. The lowest BCUT2D eigenvalue weighted by Gasteiger charge is -2.12. The molecule has 6 rings (SSSR count). The first-order valence-corrected chi connectivity index (χ1v) is 17.5. The quantitative estimate of drug-likeness (QED) is 0.135. The molecule has 6 aromatic carbocycles. The van der Waals surface area contributed by atoms with Gasteiger partial charge in [0.1, 0.15) is 6.10 Å². The van der Waals surface area contributed by atoms with E-state index in [1.807, 2.05) is 120 Å². The van der Waals surface area contributed by atoms with Gasteiger partial charge in [0.15, 0.2) is 0 Å². The smallest absolute Gasteiger partial charge is 0.303 e. The SMILES string of the molecule is C=C.CC(=O)O[C@H](C)c1ccc2ccccc2c1.CC(C)OC(C)C.CC(O)c1ccc2ccccc2c1.C[C@H](O)c1ccc2ccccc2c1. The molecule has 0 aliphatic rings. The highest BCUT2D eigenvalue weighted by Gasteiger charge is 2.08. The molecule has 0 aliphatic carbocycles. The summed E-state index contributed by atoms with van der Waals surface area (Å²) < 4.78 is 10.4. The number of ether oxygens (including phenoxy) is 2. The number of esters is 1. The van der Waals surface area contributed by atoms with E-state index in [0.29, 0.717) is 12.2 Å². The van der Waals surface area contributed by atoms with Gasteiger partial charge in [-0.05, 0) is 116 Å². The van der Waals surface area contributed by atoms with Gasteiger partial charge in [-0.25, -0.2) is 0 Å². The van der Waals surface area contributed by atoms with Crippen LogP contribution in [0.15, 0.2) is 141 Å². The van der Waals surface area contributed by atoms with Crippen LogP contribution in [0.4, 0.5) is 0 Å². The summed E-state index contributed by atoms with van der Waals surface area (Å²) >= 11 is 0. The van der Waals surface area contributed by atoms with Crippen LogP contribution in [0.25, 0.3) is 32.3 Å². The summed E-state index contributed by atoms with van der Waals surface area (Å²) in [7, 11) is 0. The van der Waals surface area contributed by atoms with Gasteiger partial charge in [0.05, 0.1) is 24.4 Å². The van der Waals surface area contributed by atoms with Crippen molar-refractivity contribution in [2.45, 2.75) is 85.9 Å². The maximum absolute atomic E-state index is 10.9. The third-order valence-electron chi connectivity index (χ3n) is 7.64. The van der Waals surface area contributed by atoms with E-state index in [4.69, 9.17) is 9.47 Å². The van der Waals surface area contributed by atoms with Gasteiger partial charge in [-0.15, -0.1) is 13.2 Å². The lowest BCUT2D eigenvalue weighted by atomic mass is 10.0. The summed E-state index contributed by atoms with van der Waals surface area (Å²) in [5.41, 5.74) is 2.96. The van der Waals surface area contributed by atoms with Crippen LogP contribution in [0.2, 0.25) is 0 Å². The van der Waals surface area contributed by atoms with E-state index in [2.05, 4.69) is 55.6 Å². The molecule has 0 radical (unpaired) electrons. The minimum Gasteiger partial charge on any atom is -0.458 e. The molecule has 1 unspecified atom stereocenters. The fourth-order valence-electron chi connectivity index (χ4n) is 5.26. The number of aliphatic hydroxyl groups excluding tert-OH is 2. The van der Waals surface area contributed by atoms with E-state index in [-0.39, 0.29) is 24.3 Å². The molecule has 0 bridgehead atoms. The monoisotopic (exact) mass is 688 g/mol. The fourth-order valence-corrected chi connectivity index (χ4v) is 5.26. The zero-order valence-corrected chi connectivity index (χ0v) is 31.5. The van der Waals surface area contributed by atoms with Crippen molar-refractivity contribution in [2.75, 3.05) is 0 Å². The number of hydrogen-bond acceptors (Lipinski definition) is 5. The predicted molar refractivity (Wildman–Crippen MR) is 216 cm³/mol. The fraction of sp³-hybridized carbons (Fsp3) is 0.283. The molecule has 0 saturated heterocycles. The molecule has 51 heavy (non-hydrogen) atoms. The number of hydrogen-bond donors (Lipinski definition) is 2. The van der Waals surface area contributed by atoms with Crippen molar-refractivity contribution < 1.29 is 24.5 Å². The number of rotatable bonds is 6. The average Bonchev–Trinajstić information content (AvgIpc) is 3.11. The number of benzene rings is 6. The Morgan fingerprint density at radius 3 is 1.06 bits per heavy atom. The van der Waals surface area contributed by atoms with Crippen molar-refractivity contribution in [1.82, 2.24) is 0 Å². The molecule has 5 heteroatoms. The van der Waals surface area contributed by atoms with Gasteiger partial charge in [0.25, 0.3) is 0 Å². The number of aliphatic hydroxyl groups is 2. The molecule has 3 atom stereocenters. The van der Waals surface area contributed by atoms with Crippen molar-refractivity contribution in [3.05, 3.63) is 157 Å². The molecule has 0 heterocycles. The first kappa shape index (κ1) is 42.4. The minimum atomic E-state index is -0.385. The van der Waals surface area contributed by atoms with Gasteiger partial charge in [-0.2, -0.15) is 0 Å². The van der Waals surface area contributed by atoms with Crippen molar-refractivity contribution in [3.8, 4) is 0 Å². The maximum Gasteiger partial charge on any atom is 0.303 e. The van der Waals surface area contributed by atoms with Crippen LogP contribution < -0.4 is 0 Å². The first-order chi connectivity index (χ1) is 24.3. The highest BCUT2D eigenvalue weighted by molar-refractivity contribution is 5.84. The Kier molecular flexibility index (Phi) is 18.4. The molecular formula is C46H56O5. The summed E-state index contributed by atoms with van der Waals surface area (Å²) in [6, 6.07) is 42.6. The number of carbonyl (C=O) groups is 1. The van der Waals surface area contributed by atoms with Crippen LogP contribution in [0, 0.1) is 0 Å². The van der Waals surface area contributed by atoms with Crippen LogP contribution in [0.5, 0.6) is 0 Å². The lowest BCUT2D eigenvalue weighted by Crippen LogP contribution is -2.09. The van der Waals surface area contributed by atoms with E-state index < -0.39 is 0 Å². The summed E-state index contributed by atoms with van der Waals surface area (Å²) in [4.78, 5) is 10.9. The van der Waals surface area contributed by atoms with E-state index >= 15 is 0 Å². The minimum absolute atomic E-state index is 0.192. The van der Waals surface area contributed by atoms with Crippen molar-refractivity contribution in [2.24, 2.45) is 0 Å². The van der Waals surface area contributed by atoms with Gasteiger partial charge in [0.2, 0.25) is 0 Å². The summed E-state index contributed by atoms with van der Waals surface area (Å²) in [5, 5.41) is 25.9. The summed E-state index contributed by atoms with van der Waals surface area (Å²) in [6.45, 7) is 21.0. The Bertz CT molecular complexity index is 1820. The Morgan fingerprint density at radius 1 is 0.490 bits per heavy atom. The molecule has 2 N–H and O–H groups in total. The van der Waals surface area contributed by atoms with Gasteiger partial charge in [-0.1, -0.05) is 109 Å². The normalized spacial score (nSPS) is 12.2. The second-order valence-electron chi connectivity index (χ2n) is 12.7.